The molecule has 36 heavy (non-hydrogen) atoms. The van der Waals surface area contributed by atoms with E-state index in [9.17, 15) is 4.39 Å². The predicted octanol–water partition coefficient (Wildman–Crippen LogP) is 5.90. The van der Waals surface area contributed by atoms with Crippen LogP contribution in [-0.2, 0) is 4.74 Å². The zero-order valence-electron chi connectivity index (χ0n) is 21.7. The first kappa shape index (κ1) is 22.9. The second kappa shape index (κ2) is 7.85. The van der Waals surface area contributed by atoms with E-state index in [1.165, 1.54) is 50.1 Å². The number of aromatic nitrogens is 4. The minimum absolute atomic E-state index is 0.266. The zero-order chi connectivity index (χ0) is 24.9. The first-order chi connectivity index (χ1) is 17.2. The lowest BCUT2D eigenvalue weighted by atomic mass is 9.88. The summed E-state index contributed by atoms with van der Waals surface area (Å²) in [6.07, 6.45) is 6.10. The Morgan fingerprint density at radius 1 is 1.19 bits per heavy atom. The van der Waals surface area contributed by atoms with Gasteiger partial charge in [0, 0.05) is 41.2 Å². The van der Waals surface area contributed by atoms with Gasteiger partial charge in [0.2, 0.25) is 0 Å². The second-order valence-corrected chi connectivity index (χ2v) is 12.8. The maximum Gasteiger partial charge on any atom is 0.169 e. The number of nitrogens with one attached hydrogen (secondary N) is 1. The van der Waals surface area contributed by atoms with Crippen molar-refractivity contribution >= 4 is 27.2 Å². The first-order valence-corrected chi connectivity index (χ1v) is 14.0. The number of rotatable bonds is 5. The van der Waals surface area contributed by atoms with E-state index >= 15 is 0 Å². The number of thiophene rings is 1. The molecule has 190 valence electrons. The largest absolute Gasteiger partial charge is 0.375 e. The fourth-order valence-electron chi connectivity index (χ4n) is 7.19. The maximum atomic E-state index is 14.7. The van der Waals surface area contributed by atoms with Crippen LogP contribution >= 0.6 is 11.3 Å². The van der Waals surface area contributed by atoms with Crippen LogP contribution in [-0.4, -0.2) is 62.5 Å². The minimum atomic E-state index is -1.12. The van der Waals surface area contributed by atoms with E-state index in [4.69, 9.17) is 4.74 Å². The van der Waals surface area contributed by atoms with E-state index in [0.717, 1.165) is 18.6 Å². The summed E-state index contributed by atoms with van der Waals surface area (Å²) < 4.78 is 21.8. The highest BCUT2D eigenvalue weighted by atomic mass is 32.1. The Bertz CT molecular complexity index is 1490. The van der Waals surface area contributed by atoms with Crippen molar-refractivity contribution in [2.45, 2.75) is 71.0 Å². The average molecular weight is 508 g/mol. The van der Waals surface area contributed by atoms with Gasteiger partial charge in [0.15, 0.2) is 11.3 Å². The van der Waals surface area contributed by atoms with Crippen LogP contribution in [0.1, 0.15) is 65.7 Å². The van der Waals surface area contributed by atoms with Gasteiger partial charge in [-0.3, -0.25) is 4.90 Å². The topological polar surface area (TPSA) is 58.5 Å². The summed E-state index contributed by atoms with van der Waals surface area (Å²) in [4.78, 5) is 13.5. The van der Waals surface area contributed by atoms with Crippen molar-refractivity contribution in [1.82, 2.24) is 24.5 Å². The molecule has 1 N–H and O–H groups in total. The monoisotopic (exact) mass is 507 g/mol. The summed E-state index contributed by atoms with van der Waals surface area (Å²) in [5.74, 6) is 1.61. The van der Waals surface area contributed by atoms with E-state index in [-0.39, 0.29) is 13.2 Å². The summed E-state index contributed by atoms with van der Waals surface area (Å²) in [6, 6.07) is 0.508. The Morgan fingerprint density at radius 3 is 2.67 bits per heavy atom. The van der Waals surface area contributed by atoms with Crippen LogP contribution in [0.2, 0.25) is 0 Å². The summed E-state index contributed by atoms with van der Waals surface area (Å²) in [6.45, 7) is 13.3. The predicted molar refractivity (Wildman–Crippen MR) is 142 cm³/mol. The van der Waals surface area contributed by atoms with Gasteiger partial charge in [-0.15, -0.1) is 11.3 Å². The quantitative estimate of drug-likeness (QED) is 0.365. The van der Waals surface area contributed by atoms with E-state index in [0.29, 0.717) is 30.3 Å². The lowest BCUT2D eigenvalue weighted by Crippen LogP contribution is -2.55. The molecule has 3 atom stereocenters. The van der Waals surface area contributed by atoms with Crippen LogP contribution in [0.25, 0.3) is 27.1 Å². The van der Waals surface area contributed by atoms with Crippen molar-refractivity contribution in [2.75, 3.05) is 26.3 Å². The molecule has 0 radical (unpaired) electrons. The Kier molecular flexibility index (Phi) is 4.99. The smallest absolute Gasteiger partial charge is 0.169 e. The molecule has 6 heterocycles. The Balaban J connectivity index is 1.25. The summed E-state index contributed by atoms with van der Waals surface area (Å²) in [7, 11) is 0. The van der Waals surface area contributed by atoms with Crippen LogP contribution in [0.5, 0.6) is 0 Å². The fourth-order valence-corrected chi connectivity index (χ4v) is 8.62. The molecule has 2 bridgehead atoms. The van der Waals surface area contributed by atoms with Crippen LogP contribution in [0.4, 0.5) is 4.39 Å². The Labute approximate surface area is 214 Å². The molecule has 6 nitrogen and oxygen atoms in total. The SMILES string of the molecule is Cc1c(-c2[nH]c3sc([C@@H]4CC5CC4CN5CC4(F)COC4)c(C)c3c2C(C)C)cn2ncnc2c1C. The summed E-state index contributed by atoms with van der Waals surface area (Å²) in [5, 5.41) is 5.83. The molecule has 0 spiro atoms. The number of likely N-dealkylation sites (tertiary alicyclic amines) is 1. The van der Waals surface area contributed by atoms with Crippen LogP contribution in [0.3, 0.4) is 0 Å². The zero-order valence-corrected chi connectivity index (χ0v) is 22.5. The van der Waals surface area contributed by atoms with Gasteiger partial charge in [-0.25, -0.2) is 13.9 Å². The third-order valence-electron chi connectivity index (χ3n) is 9.13. The molecular formula is C28H34FN5OS. The van der Waals surface area contributed by atoms with Gasteiger partial charge in [0.25, 0.3) is 0 Å². The van der Waals surface area contributed by atoms with Crippen molar-refractivity contribution < 1.29 is 9.13 Å². The lowest BCUT2D eigenvalue weighted by Gasteiger charge is -2.40. The van der Waals surface area contributed by atoms with Gasteiger partial charge in [-0.2, -0.15) is 5.10 Å². The normalized spacial score (nSPS) is 25.6. The van der Waals surface area contributed by atoms with Crippen molar-refractivity contribution in [2.24, 2.45) is 5.92 Å². The highest BCUT2D eigenvalue weighted by Gasteiger charge is 2.50. The molecule has 4 aromatic heterocycles. The van der Waals surface area contributed by atoms with Crippen LogP contribution in [0.15, 0.2) is 12.5 Å². The van der Waals surface area contributed by atoms with Gasteiger partial charge < -0.3 is 9.72 Å². The van der Waals surface area contributed by atoms with Crippen molar-refractivity contribution in [1.29, 1.82) is 0 Å². The number of alkyl halides is 1. The fraction of sp³-hybridized carbons (Fsp3) is 0.571. The molecule has 8 heteroatoms. The summed E-state index contributed by atoms with van der Waals surface area (Å²) >= 11 is 1.95. The Hall–Kier alpha value is -2.29. The number of fused-ring (bicyclic) bond motifs is 4. The number of H-pyrrole nitrogens is 1. The molecular weight excluding hydrogens is 473 g/mol. The molecule has 3 fully saturated rings. The highest BCUT2D eigenvalue weighted by molar-refractivity contribution is 7.19. The van der Waals surface area contributed by atoms with E-state index < -0.39 is 5.67 Å². The van der Waals surface area contributed by atoms with Gasteiger partial charge in [0.05, 0.1) is 18.9 Å². The molecule has 2 unspecified atom stereocenters. The maximum absolute atomic E-state index is 14.7. The molecule has 7 rings (SSSR count). The molecule has 2 aliphatic heterocycles. The van der Waals surface area contributed by atoms with Crippen molar-refractivity contribution in [3.8, 4) is 11.3 Å². The van der Waals surface area contributed by atoms with E-state index in [1.54, 1.807) is 11.2 Å². The van der Waals surface area contributed by atoms with E-state index in [1.807, 2.05) is 15.9 Å². The third kappa shape index (κ3) is 3.20. The number of piperidine rings is 1. The van der Waals surface area contributed by atoms with Crippen molar-refractivity contribution in [3.05, 3.63) is 39.7 Å². The third-order valence-corrected chi connectivity index (χ3v) is 10.5. The van der Waals surface area contributed by atoms with Gasteiger partial charge in [-0.05, 0) is 73.6 Å². The van der Waals surface area contributed by atoms with Crippen LogP contribution < -0.4 is 0 Å². The number of hydrogen-bond donors (Lipinski definition) is 1. The van der Waals surface area contributed by atoms with Crippen molar-refractivity contribution in [3.63, 3.8) is 0 Å². The van der Waals surface area contributed by atoms with Crippen LogP contribution in [0, 0.1) is 26.7 Å². The molecule has 3 aliphatic rings. The Morgan fingerprint density at radius 2 is 2.00 bits per heavy atom. The van der Waals surface area contributed by atoms with Gasteiger partial charge in [0.1, 0.15) is 11.2 Å². The number of pyridine rings is 1. The number of ether oxygens (including phenoxy) is 1. The van der Waals surface area contributed by atoms with Gasteiger partial charge >= 0.3 is 0 Å². The molecule has 1 saturated carbocycles. The average Bonchev–Trinajstić information content (AvgIpc) is 3.62. The summed E-state index contributed by atoms with van der Waals surface area (Å²) in [5.41, 5.74) is 7.48. The minimum Gasteiger partial charge on any atom is -0.375 e. The molecule has 4 aromatic rings. The molecule has 2 saturated heterocycles. The van der Waals surface area contributed by atoms with Gasteiger partial charge in [-0.1, -0.05) is 13.8 Å². The first-order valence-electron chi connectivity index (χ1n) is 13.2. The second-order valence-electron chi connectivity index (χ2n) is 11.7. The number of aromatic amines is 1. The molecule has 0 amide bonds. The molecule has 0 aromatic carbocycles. The standard InChI is InChI=1S/C28H34FN5OS/c1-14(2)22-23-17(5)25(20-7-19-6-18(20)8-33(19)10-28(29)11-35-12-28)36-27(23)32-24(22)21-9-34-26(30-13-31-34)16(4)15(21)3/h9,13-14,18-20,32H,6-8,10-12H2,1-5H3/t18?,19?,20-/m1/s1. The highest BCUT2D eigenvalue weighted by Crippen LogP contribution is 2.53. The molecule has 1 aliphatic carbocycles. The number of hydrogen-bond acceptors (Lipinski definition) is 5. The number of aryl methyl sites for hydroxylation is 2. The van der Waals surface area contributed by atoms with E-state index in [2.05, 4.69) is 60.8 Å². The lowest BCUT2D eigenvalue weighted by molar-refractivity contribution is -0.143. The number of halogens is 1. The number of nitrogens with zero attached hydrogens (tertiary/aromatic N) is 4.